The molecule has 0 saturated heterocycles. The number of rotatable bonds is 6. The summed E-state index contributed by atoms with van der Waals surface area (Å²) in [5.41, 5.74) is 1.31. The SMILES string of the molecule is CCCOCn1cc[n+](Cc2ccccc2)c1. The van der Waals surface area contributed by atoms with Gasteiger partial charge in [0.25, 0.3) is 0 Å². The first kappa shape index (κ1) is 11.9. The van der Waals surface area contributed by atoms with Gasteiger partial charge in [0.2, 0.25) is 6.33 Å². The highest BCUT2D eigenvalue weighted by atomic mass is 16.5. The van der Waals surface area contributed by atoms with Crippen molar-refractivity contribution >= 4 is 0 Å². The molecular formula is C14H19N2O+. The van der Waals surface area contributed by atoms with Gasteiger partial charge in [0.1, 0.15) is 18.9 Å². The van der Waals surface area contributed by atoms with Gasteiger partial charge < -0.3 is 4.74 Å². The number of hydrogen-bond donors (Lipinski definition) is 0. The molecule has 0 saturated carbocycles. The third-order valence-electron chi connectivity index (χ3n) is 2.54. The van der Waals surface area contributed by atoms with E-state index in [1.54, 1.807) is 0 Å². The summed E-state index contributed by atoms with van der Waals surface area (Å²) in [6.45, 7) is 4.47. The highest BCUT2D eigenvalue weighted by molar-refractivity contribution is 5.13. The van der Waals surface area contributed by atoms with E-state index in [9.17, 15) is 0 Å². The molecule has 1 aromatic carbocycles. The van der Waals surface area contributed by atoms with E-state index in [0.29, 0.717) is 6.73 Å². The van der Waals surface area contributed by atoms with Crippen LogP contribution in [-0.4, -0.2) is 11.2 Å². The molecule has 1 aromatic heterocycles. The first-order valence-electron chi connectivity index (χ1n) is 6.05. The van der Waals surface area contributed by atoms with Crippen LogP contribution < -0.4 is 4.57 Å². The fraction of sp³-hybridized carbons (Fsp3) is 0.357. The summed E-state index contributed by atoms with van der Waals surface area (Å²) in [4.78, 5) is 0. The maximum Gasteiger partial charge on any atom is 0.245 e. The maximum atomic E-state index is 5.48. The fourth-order valence-corrected chi connectivity index (χ4v) is 1.72. The minimum absolute atomic E-state index is 0.635. The van der Waals surface area contributed by atoms with E-state index in [2.05, 4.69) is 52.8 Å². The van der Waals surface area contributed by atoms with Crippen molar-refractivity contribution in [2.45, 2.75) is 26.6 Å². The van der Waals surface area contributed by atoms with Crippen molar-refractivity contribution in [3.8, 4) is 0 Å². The van der Waals surface area contributed by atoms with Crippen LogP contribution in [-0.2, 0) is 18.0 Å². The topological polar surface area (TPSA) is 18.0 Å². The molecule has 3 heteroatoms. The summed E-state index contributed by atoms with van der Waals surface area (Å²) < 4.78 is 9.69. The molecule has 0 atom stereocenters. The Bertz CT molecular complexity index is 436. The van der Waals surface area contributed by atoms with E-state index >= 15 is 0 Å². The smallest absolute Gasteiger partial charge is 0.245 e. The maximum absolute atomic E-state index is 5.48. The van der Waals surface area contributed by atoms with E-state index in [0.717, 1.165) is 19.6 Å². The molecular weight excluding hydrogens is 212 g/mol. The Hall–Kier alpha value is -1.61. The zero-order valence-electron chi connectivity index (χ0n) is 10.2. The zero-order chi connectivity index (χ0) is 11.9. The molecule has 0 aliphatic rings. The van der Waals surface area contributed by atoms with Crippen LogP contribution in [0, 0.1) is 0 Å². The Morgan fingerprint density at radius 3 is 2.82 bits per heavy atom. The molecule has 0 unspecified atom stereocenters. The molecule has 90 valence electrons. The largest absolute Gasteiger partial charge is 0.342 e. The summed E-state index contributed by atoms with van der Waals surface area (Å²) in [7, 11) is 0. The van der Waals surface area contributed by atoms with Gasteiger partial charge in [-0.2, -0.15) is 0 Å². The van der Waals surface area contributed by atoms with Gasteiger partial charge in [-0.1, -0.05) is 37.3 Å². The van der Waals surface area contributed by atoms with Crippen molar-refractivity contribution in [1.82, 2.24) is 4.57 Å². The molecule has 0 aliphatic carbocycles. The van der Waals surface area contributed by atoms with Crippen LogP contribution in [0.15, 0.2) is 49.1 Å². The Labute approximate surface area is 102 Å². The van der Waals surface area contributed by atoms with Crippen molar-refractivity contribution in [2.75, 3.05) is 6.61 Å². The summed E-state index contributed by atoms with van der Waals surface area (Å²) in [6.07, 6.45) is 7.24. The number of hydrogen-bond acceptors (Lipinski definition) is 1. The van der Waals surface area contributed by atoms with Crippen molar-refractivity contribution in [3.05, 3.63) is 54.6 Å². The first-order valence-corrected chi connectivity index (χ1v) is 6.05. The van der Waals surface area contributed by atoms with E-state index in [4.69, 9.17) is 4.74 Å². The van der Waals surface area contributed by atoms with Crippen LogP contribution in [0.2, 0.25) is 0 Å². The van der Waals surface area contributed by atoms with Gasteiger partial charge in [-0.3, -0.25) is 0 Å². The molecule has 17 heavy (non-hydrogen) atoms. The molecule has 0 aliphatic heterocycles. The van der Waals surface area contributed by atoms with Crippen LogP contribution >= 0.6 is 0 Å². The van der Waals surface area contributed by atoms with Crippen LogP contribution in [0.1, 0.15) is 18.9 Å². The van der Waals surface area contributed by atoms with Gasteiger partial charge in [0.15, 0.2) is 6.73 Å². The quantitative estimate of drug-likeness (QED) is 0.550. The van der Waals surface area contributed by atoms with Crippen LogP contribution in [0.25, 0.3) is 0 Å². The van der Waals surface area contributed by atoms with Gasteiger partial charge in [0, 0.05) is 0 Å². The van der Waals surface area contributed by atoms with E-state index < -0.39 is 0 Å². The molecule has 2 rings (SSSR count). The predicted molar refractivity (Wildman–Crippen MR) is 66.4 cm³/mol. The molecule has 2 aromatic rings. The van der Waals surface area contributed by atoms with Crippen molar-refractivity contribution < 1.29 is 9.30 Å². The van der Waals surface area contributed by atoms with Gasteiger partial charge in [-0.15, -0.1) is 0 Å². The summed E-state index contributed by atoms with van der Waals surface area (Å²) >= 11 is 0. The van der Waals surface area contributed by atoms with Gasteiger partial charge >= 0.3 is 0 Å². The molecule has 0 radical (unpaired) electrons. The van der Waals surface area contributed by atoms with Crippen molar-refractivity contribution in [1.29, 1.82) is 0 Å². The number of nitrogens with zero attached hydrogens (tertiary/aromatic N) is 2. The Kier molecular flexibility index (Phi) is 4.33. The predicted octanol–water partition coefficient (Wildman–Crippen LogP) is 2.21. The molecule has 0 fully saturated rings. The standard InChI is InChI=1S/C14H19N2O/c1-2-10-17-13-16-9-8-15(12-16)11-14-6-4-3-5-7-14/h3-9,12H,2,10-11,13H2,1H3/q+1. The van der Waals surface area contributed by atoms with Crippen LogP contribution in [0.5, 0.6) is 0 Å². The second kappa shape index (κ2) is 6.21. The fourth-order valence-electron chi connectivity index (χ4n) is 1.72. The molecule has 0 N–H and O–H groups in total. The van der Waals surface area contributed by atoms with Crippen LogP contribution in [0.3, 0.4) is 0 Å². The average Bonchev–Trinajstić information content (AvgIpc) is 2.79. The molecule has 0 bridgehead atoms. The van der Waals surface area contributed by atoms with E-state index in [1.807, 2.05) is 12.3 Å². The Morgan fingerprint density at radius 1 is 1.24 bits per heavy atom. The second-order valence-electron chi connectivity index (χ2n) is 4.12. The van der Waals surface area contributed by atoms with Gasteiger partial charge in [-0.05, 0) is 12.0 Å². The highest BCUT2D eigenvalue weighted by Crippen LogP contribution is 1.97. The van der Waals surface area contributed by atoms with Gasteiger partial charge in [0.05, 0.1) is 6.61 Å². The molecule has 0 amide bonds. The molecule has 1 heterocycles. The third-order valence-corrected chi connectivity index (χ3v) is 2.54. The van der Waals surface area contributed by atoms with Crippen LogP contribution in [0.4, 0.5) is 0 Å². The molecule has 3 nitrogen and oxygen atoms in total. The normalized spacial score (nSPS) is 10.6. The van der Waals surface area contributed by atoms with Gasteiger partial charge in [-0.25, -0.2) is 9.13 Å². The lowest BCUT2D eigenvalue weighted by molar-refractivity contribution is -0.688. The highest BCUT2D eigenvalue weighted by Gasteiger charge is 2.03. The monoisotopic (exact) mass is 231 g/mol. The van der Waals surface area contributed by atoms with Crippen molar-refractivity contribution in [2.24, 2.45) is 0 Å². The second-order valence-corrected chi connectivity index (χ2v) is 4.12. The third kappa shape index (κ3) is 3.71. The lowest BCUT2D eigenvalue weighted by atomic mass is 10.2. The summed E-state index contributed by atoms with van der Waals surface area (Å²) in [5.74, 6) is 0. The summed E-state index contributed by atoms with van der Waals surface area (Å²) in [6, 6.07) is 10.4. The molecule has 0 spiro atoms. The van der Waals surface area contributed by atoms with E-state index in [-0.39, 0.29) is 0 Å². The number of benzene rings is 1. The number of imidazole rings is 1. The van der Waals surface area contributed by atoms with E-state index in [1.165, 1.54) is 5.56 Å². The first-order chi connectivity index (χ1) is 8.38. The Morgan fingerprint density at radius 2 is 2.06 bits per heavy atom. The minimum atomic E-state index is 0.635. The zero-order valence-corrected chi connectivity index (χ0v) is 10.2. The number of aromatic nitrogens is 2. The Balaban J connectivity index is 1.90. The average molecular weight is 231 g/mol. The minimum Gasteiger partial charge on any atom is -0.342 e. The lowest BCUT2D eigenvalue weighted by Crippen LogP contribution is -2.31. The summed E-state index contributed by atoms with van der Waals surface area (Å²) in [5, 5.41) is 0. The number of ether oxygens (including phenoxy) is 1. The van der Waals surface area contributed by atoms with Crippen molar-refractivity contribution in [3.63, 3.8) is 0 Å². The lowest BCUT2D eigenvalue weighted by Gasteiger charge is -1.98.